The van der Waals surface area contributed by atoms with E-state index in [1.54, 1.807) is 18.2 Å². The Balaban J connectivity index is 1.59. The van der Waals surface area contributed by atoms with Gasteiger partial charge in [0.2, 0.25) is 5.91 Å². The van der Waals surface area contributed by atoms with Crippen LogP contribution in [0.2, 0.25) is 5.02 Å². The summed E-state index contributed by atoms with van der Waals surface area (Å²) in [6.45, 7) is 2.38. The fraction of sp³-hybridized carbons (Fsp3) is 0.316. The average Bonchev–Trinajstić information content (AvgIpc) is 2.60. The van der Waals surface area contributed by atoms with E-state index in [1.807, 2.05) is 12.1 Å². The Kier molecular flexibility index (Phi) is 6.10. The van der Waals surface area contributed by atoms with Crippen molar-refractivity contribution in [2.45, 2.75) is 19.4 Å². The maximum absolute atomic E-state index is 13.0. The number of halogens is 3. The second-order valence-electron chi connectivity index (χ2n) is 6.32. The zero-order chi connectivity index (χ0) is 17.8. The average molecular weight is 426 g/mol. The summed E-state index contributed by atoms with van der Waals surface area (Å²) < 4.78 is 13.8. The van der Waals surface area contributed by atoms with E-state index < -0.39 is 0 Å². The first kappa shape index (κ1) is 18.4. The van der Waals surface area contributed by atoms with Crippen molar-refractivity contribution < 1.29 is 9.18 Å². The molecule has 0 aliphatic carbocycles. The van der Waals surface area contributed by atoms with Crippen molar-refractivity contribution in [1.82, 2.24) is 4.90 Å². The van der Waals surface area contributed by atoms with Gasteiger partial charge in [-0.2, -0.15) is 0 Å². The molecule has 6 heteroatoms. The fourth-order valence-corrected chi connectivity index (χ4v) is 3.51. The summed E-state index contributed by atoms with van der Waals surface area (Å²) in [5.41, 5.74) is 1.76. The Morgan fingerprint density at radius 2 is 2.04 bits per heavy atom. The minimum atomic E-state index is -0.229. The van der Waals surface area contributed by atoms with E-state index in [9.17, 15) is 9.18 Å². The van der Waals surface area contributed by atoms with Crippen LogP contribution in [0.15, 0.2) is 46.9 Å². The third-order valence-corrected chi connectivity index (χ3v) is 5.62. The first-order valence-corrected chi connectivity index (χ1v) is 9.41. The maximum Gasteiger partial charge on any atom is 0.228 e. The molecule has 1 aliphatic rings. The monoisotopic (exact) mass is 424 g/mol. The molecule has 0 saturated carbocycles. The topological polar surface area (TPSA) is 32.3 Å². The van der Waals surface area contributed by atoms with Crippen LogP contribution in [-0.2, 0) is 11.3 Å². The van der Waals surface area contributed by atoms with Gasteiger partial charge in [-0.1, -0.05) is 23.7 Å². The lowest BCUT2D eigenvalue weighted by Gasteiger charge is -2.32. The van der Waals surface area contributed by atoms with Crippen molar-refractivity contribution in [3.05, 3.63) is 63.3 Å². The van der Waals surface area contributed by atoms with Gasteiger partial charge in [0.05, 0.1) is 10.9 Å². The molecule has 3 nitrogen and oxygen atoms in total. The van der Waals surface area contributed by atoms with Gasteiger partial charge >= 0.3 is 0 Å². The number of amides is 1. The van der Waals surface area contributed by atoms with Gasteiger partial charge in [0.1, 0.15) is 5.82 Å². The van der Waals surface area contributed by atoms with Gasteiger partial charge < -0.3 is 5.32 Å². The molecule has 1 heterocycles. The molecule has 0 spiro atoms. The van der Waals surface area contributed by atoms with E-state index in [4.69, 9.17) is 11.6 Å². The molecule has 0 aromatic heterocycles. The molecule has 2 aromatic carbocycles. The van der Waals surface area contributed by atoms with Crippen molar-refractivity contribution in [2.24, 2.45) is 5.92 Å². The van der Waals surface area contributed by atoms with Gasteiger partial charge in [-0.05, 0) is 71.2 Å². The number of piperidine rings is 1. The van der Waals surface area contributed by atoms with E-state index in [0.29, 0.717) is 17.3 Å². The summed E-state index contributed by atoms with van der Waals surface area (Å²) >= 11 is 9.42. The normalized spacial score (nSPS) is 18.1. The Morgan fingerprint density at radius 3 is 2.76 bits per heavy atom. The Labute approximate surface area is 160 Å². The van der Waals surface area contributed by atoms with Gasteiger partial charge in [0.15, 0.2) is 0 Å². The Morgan fingerprint density at radius 1 is 1.28 bits per heavy atom. The van der Waals surface area contributed by atoms with Crippen LogP contribution in [0, 0.1) is 11.7 Å². The number of hydrogen-bond acceptors (Lipinski definition) is 2. The van der Waals surface area contributed by atoms with Gasteiger partial charge in [0.25, 0.3) is 0 Å². The molecule has 0 bridgehead atoms. The van der Waals surface area contributed by atoms with E-state index >= 15 is 0 Å². The highest BCUT2D eigenvalue weighted by Gasteiger charge is 2.26. The highest BCUT2D eigenvalue weighted by Crippen LogP contribution is 2.26. The molecule has 1 unspecified atom stereocenters. The number of anilines is 1. The summed E-state index contributed by atoms with van der Waals surface area (Å²) in [7, 11) is 0. The number of benzene rings is 2. The lowest BCUT2D eigenvalue weighted by Crippen LogP contribution is -2.40. The SMILES string of the molecule is O=C(Nc1ccc(Br)c(Cl)c1)C1CCCN(Cc2ccc(F)cc2)C1. The van der Waals surface area contributed by atoms with Gasteiger partial charge in [-0.25, -0.2) is 4.39 Å². The zero-order valence-corrected chi connectivity index (χ0v) is 16.0. The van der Waals surface area contributed by atoms with Crippen LogP contribution < -0.4 is 5.32 Å². The summed E-state index contributed by atoms with van der Waals surface area (Å²) in [5, 5.41) is 3.52. The molecule has 1 amide bonds. The van der Waals surface area contributed by atoms with Gasteiger partial charge in [0, 0.05) is 23.2 Å². The second-order valence-corrected chi connectivity index (χ2v) is 7.58. The molecule has 1 saturated heterocycles. The number of carbonyl (C=O) groups excluding carboxylic acids is 1. The van der Waals surface area contributed by atoms with Crippen LogP contribution in [0.4, 0.5) is 10.1 Å². The Hall–Kier alpha value is -1.43. The van der Waals surface area contributed by atoms with Crippen LogP contribution in [0.1, 0.15) is 18.4 Å². The molecule has 1 N–H and O–H groups in total. The summed E-state index contributed by atoms with van der Waals surface area (Å²) in [6.07, 6.45) is 1.84. The van der Waals surface area contributed by atoms with Crippen LogP contribution in [0.5, 0.6) is 0 Å². The van der Waals surface area contributed by atoms with Gasteiger partial charge in [-0.3, -0.25) is 9.69 Å². The molecule has 1 atom stereocenters. The van der Waals surface area contributed by atoms with Crippen LogP contribution in [0.3, 0.4) is 0 Å². The molecular weight excluding hydrogens is 407 g/mol. The lowest BCUT2D eigenvalue weighted by molar-refractivity contribution is -0.121. The van der Waals surface area contributed by atoms with E-state index in [2.05, 4.69) is 26.1 Å². The number of rotatable bonds is 4. The fourth-order valence-electron chi connectivity index (χ4n) is 3.08. The standard InChI is InChI=1S/C19H19BrClFN2O/c20-17-8-7-16(10-18(17)21)23-19(25)14-2-1-9-24(12-14)11-13-3-5-15(22)6-4-13/h3-8,10,14H,1-2,9,11-12H2,(H,23,25). The molecule has 1 fully saturated rings. The Bertz CT molecular complexity index is 754. The third kappa shape index (κ3) is 5.03. The highest BCUT2D eigenvalue weighted by atomic mass is 79.9. The summed E-state index contributed by atoms with van der Waals surface area (Å²) in [4.78, 5) is 14.8. The minimum absolute atomic E-state index is 0.0159. The molecule has 1 aliphatic heterocycles. The first-order chi connectivity index (χ1) is 12.0. The van der Waals surface area contributed by atoms with Crippen LogP contribution in [-0.4, -0.2) is 23.9 Å². The highest BCUT2D eigenvalue weighted by molar-refractivity contribution is 9.10. The minimum Gasteiger partial charge on any atom is -0.326 e. The largest absolute Gasteiger partial charge is 0.326 e. The van der Waals surface area contributed by atoms with Crippen LogP contribution in [0.25, 0.3) is 0 Å². The quantitative estimate of drug-likeness (QED) is 0.740. The number of nitrogens with zero attached hydrogens (tertiary/aromatic N) is 1. The summed E-state index contributed by atoms with van der Waals surface area (Å²) in [6, 6.07) is 11.9. The molecular formula is C19H19BrClFN2O. The van der Waals surface area contributed by atoms with Crippen molar-refractivity contribution in [3.8, 4) is 0 Å². The summed E-state index contributed by atoms with van der Waals surface area (Å²) in [5.74, 6) is -0.272. The van der Waals surface area contributed by atoms with Crippen molar-refractivity contribution in [1.29, 1.82) is 0 Å². The maximum atomic E-state index is 13.0. The smallest absolute Gasteiger partial charge is 0.228 e. The first-order valence-electron chi connectivity index (χ1n) is 8.24. The van der Waals surface area contributed by atoms with Crippen molar-refractivity contribution >= 4 is 39.1 Å². The van der Waals surface area contributed by atoms with Crippen molar-refractivity contribution in [2.75, 3.05) is 18.4 Å². The molecule has 0 radical (unpaired) electrons. The molecule has 25 heavy (non-hydrogen) atoms. The zero-order valence-electron chi connectivity index (χ0n) is 13.6. The number of carbonyl (C=O) groups is 1. The number of likely N-dealkylation sites (tertiary alicyclic amines) is 1. The predicted octanol–water partition coefficient (Wildman–Crippen LogP) is 5.09. The lowest BCUT2D eigenvalue weighted by atomic mass is 9.96. The van der Waals surface area contributed by atoms with E-state index in [1.165, 1.54) is 12.1 Å². The molecule has 2 aromatic rings. The van der Waals surface area contributed by atoms with Crippen molar-refractivity contribution in [3.63, 3.8) is 0 Å². The third-order valence-electron chi connectivity index (χ3n) is 4.38. The molecule has 3 rings (SSSR count). The second kappa shape index (κ2) is 8.30. The van der Waals surface area contributed by atoms with E-state index in [-0.39, 0.29) is 17.6 Å². The molecule has 132 valence electrons. The van der Waals surface area contributed by atoms with Crippen LogP contribution >= 0.6 is 27.5 Å². The number of nitrogens with one attached hydrogen (secondary N) is 1. The van der Waals surface area contributed by atoms with Gasteiger partial charge in [-0.15, -0.1) is 0 Å². The predicted molar refractivity (Wildman–Crippen MR) is 102 cm³/mol. The number of hydrogen-bond donors (Lipinski definition) is 1. The van der Waals surface area contributed by atoms with E-state index in [0.717, 1.165) is 36.0 Å².